The Labute approximate surface area is 110 Å². The normalized spacial score (nSPS) is 12.4. The van der Waals surface area contributed by atoms with Crippen LogP contribution in [0.3, 0.4) is 0 Å². The summed E-state index contributed by atoms with van der Waals surface area (Å²) in [5.41, 5.74) is 0.433. The van der Waals surface area contributed by atoms with Crippen molar-refractivity contribution >= 4 is 15.9 Å². The predicted octanol–water partition coefficient (Wildman–Crippen LogP) is 3.55. The second kappa shape index (κ2) is 9.43. The molecular weight excluding hydrogens is 266 g/mol. The summed E-state index contributed by atoms with van der Waals surface area (Å²) in [4.78, 5) is 2.50. The molecular formula is C13H28BrNO. The number of nitrogens with zero attached hydrogens (tertiary/aromatic N) is 1. The fourth-order valence-corrected chi connectivity index (χ4v) is 2.84. The molecule has 0 aromatic rings. The number of alkyl halides is 1. The van der Waals surface area contributed by atoms with Gasteiger partial charge >= 0.3 is 0 Å². The summed E-state index contributed by atoms with van der Waals surface area (Å²) in [6, 6.07) is 0. The standard InChI is InChI=1S/C13H28BrNO/c1-5-13(6-2,11-14)12-15(7-3)9-10-16-8-4/h5-12H2,1-4H3. The molecule has 0 saturated carbocycles. The van der Waals surface area contributed by atoms with Crippen LogP contribution in [-0.2, 0) is 4.74 Å². The van der Waals surface area contributed by atoms with E-state index in [-0.39, 0.29) is 0 Å². The Morgan fingerprint density at radius 2 is 1.75 bits per heavy atom. The first kappa shape index (κ1) is 16.4. The van der Waals surface area contributed by atoms with Crippen molar-refractivity contribution in [2.24, 2.45) is 5.41 Å². The van der Waals surface area contributed by atoms with E-state index >= 15 is 0 Å². The van der Waals surface area contributed by atoms with Crippen LogP contribution in [0.4, 0.5) is 0 Å². The Morgan fingerprint density at radius 3 is 2.12 bits per heavy atom. The highest BCUT2D eigenvalue weighted by molar-refractivity contribution is 9.09. The molecule has 0 heterocycles. The molecule has 0 saturated heterocycles. The van der Waals surface area contributed by atoms with Crippen LogP contribution in [0, 0.1) is 5.41 Å². The van der Waals surface area contributed by atoms with Gasteiger partial charge in [-0.1, -0.05) is 36.7 Å². The number of likely N-dealkylation sites (N-methyl/N-ethyl adjacent to an activating group) is 1. The van der Waals surface area contributed by atoms with Gasteiger partial charge in [0.25, 0.3) is 0 Å². The minimum atomic E-state index is 0.433. The van der Waals surface area contributed by atoms with Gasteiger partial charge in [0.1, 0.15) is 0 Å². The first-order valence-electron chi connectivity index (χ1n) is 6.54. The summed E-state index contributed by atoms with van der Waals surface area (Å²) in [7, 11) is 0. The lowest BCUT2D eigenvalue weighted by Gasteiger charge is -2.35. The fourth-order valence-electron chi connectivity index (χ4n) is 1.87. The van der Waals surface area contributed by atoms with Gasteiger partial charge in [0.2, 0.25) is 0 Å². The quantitative estimate of drug-likeness (QED) is 0.451. The second-order valence-corrected chi connectivity index (χ2v) is 4.97. The van der Waals surface area contributed by atoms with Crippen molar-refractivity contribution in [2.45, 2.75) is 40.5 Å². The van der Waals surface area contributed by atoms with Gasteiger partial charge in [-0.05, 0) is 31.7 Å². The first-order valence-corrected chi connectivity index (χ1v) is 7.66. The molecule has 0 radical (unpaired) electrons. The lowest BCUT2D eigenvalue weighted by Crippen LogP contribution is -2.40. The third-order valence-electron chi connectivity index (χ3n) is 3.55. The van der Waals surface area contributed by atoms with Crippen LogP contribution in [0.2, 0.25) is 0 Å². The highest BCUT2D eigenvalue weighted by atomic mass is 79.9. The molecule has 0 aliphatic heterocycles. The topological polar surface area (TPSA) is 12.5 Å². The maximum absolute atomic E-state index is 5.43. The maximum atomic E-state index is 5.43. The van der Waals surface area contributed by atoms with Crippen molar-refractivity contribution in [2.75, 3.05) is 38.2 Å². The van der Waals surface area contributed by atoms with Crippen molar-refractivity contribution in [1.82, 2.24) is 4.90 Å². The highest BCUT2D eigenvalue weighted by Gasteiger charge is 2.26. The molecule has 0 bridgehead atoms. The number of rotatable bonds is 10. The van der Waals surface area contributed by atoms with E-state index in [9.17, 15) is 0 Å². The molecule has 3 heteroatoms. The van der Waals surface area contributed by atoms with Crippen molar-refractivity contribution in [3.63, 3.8) is 0 Å². The zero-order chi connectivity index (χ0) is 12.4. The van der Waals surface area contributed by atoms with E-state index < -0.39 is 0 Å². The van der Waals surface area contributed by atoms with Crippen LogP contribution in [0.1, 0.15) is 40.5 Å². The van der Waals surface area contributed by atoms with Crippen LogP contribution in [0.25, 0.3) is 0 Å². The summed E-state index contributed by atoms with van der Waals surface area (Å²) in [6.07, 6.45) is 2.47. The van der Waals surface area contributed by atoms with Crippen LogP contribution in [0.5, 0.6) is 0 Å². The van der Waals surface area contributed by atoms with E-state index in [1.54, 1.807) is 0 Å². The molecule has 0 aromatic carbocycles. The molecule has 0 aliphatic rings. The van der Waals surface area contributed by atoms with E-state index in [0.717, 1.165) is 31.6 Å². The van der Waals surface area contributed by atoms with E-state index in [1.807, 2.05) is 0 Å². The number of ether oxygens (including phenoxy) is 1. The highest BCUT2D eigenvalue weighted by Crippen LogP contribution is 2.29. The van der Waals surface area contributed by atoms with Gasteiger partial charge in [0.15, 0.2) is 0 Å². The molecule has 0 unspecified atom stereocenters. The maximum Gasteiger partial charge on any atom is 0.0593 e. The second-order valence-electron chi connectivity index (χ2n) is 4.41. The molecule has 0 aromatic heterocycles. The van der Waals surface area contributed by atoms with Gasteiger partial charge in [-0.25, -0.2) is 0 Å². The van der Waals surface area contributed by atoms with Crippen LogP contribution in [0.15, 0.2) is 0 Å². The van der Waals surface area contributed by atoms with Crippen LogP contribution in [-0.4, -0.2) is 43.1 Å². The minimum Gasteiger partial charge on any atom is -0.380 e. The molecule has 0 aliphatic carbocycles. The zero-order valence-electron chi connectivity index (χ0n) is 11.4. The Bertz CT molecular complexity index is 152. The third kappa shape index (κ3) is 5.65. The van der Waals surface area contributed by atoms with Gasteiger partial charge < -0.3 is 9.64 Å². The summed E-state index contributed by atoms with van der Waals surface area (Å²) in [5.74, 6) is 0. The summed E-state index contributed by atoms with van der Waals surface area (Å²) < 4.78 is 5.43. The van der Waals surface area contributed by atoms with E-state index in [1.165, 1.54) is 19.4 Å². The van der Waals surface area contributed by atoms with Gasteiger partial charge in [0.05, 0.1) is 6.61 Å². The smallest absolute Gasteiger partial charge is 0.0593 e. The summed E-state index contributed by atoms with van der Waals surface area (Å²) in [5, 5.41) is 1.10. The van der Waals surface area contributed by atoms with E-state index in [0.29, 0.717) is 5.41 Å². The molecule has 0 rings (SSSR count). The van der Waals surface area contributed by atoms with Gasteiger partial charge in [-0.3, -0.25) is 0 Å². The molecule has 0 spiro atoms. The molecule has 16 heavy (non-hydrogen) atoms. The van der Waals surface area contributed by atoms with Crippen LogP contribution >= 0.6 is 15.9 Å². The van der Waals surface area contributed by atoms with E-state index in [4.69, 9.17) is 4.74 Å². The Hall–Kier alpha value is 0.400. The minimum absolute atomic E-state index is 0.433. The third-order valence-corrected chi connectivity index (χ3v) is 4.74. The molecule has 2 nitrogen and oxygen atoms in total. The largest absolute Gasteiger partial charge is 0.380 e. The zero-order valence-corrected chi connectivity index (χ0v) is 13.0. The van der Waals surface area contributed by atoms with Crippen molar-refractivity contribution in [3.05, 3.63) is 0 Å². The number of halogens is 1. The lowest BCUT2D eigenvalue weighted by molar-refractivity contribution is 0.0923. The Kier molecular flexibility index (Phi) is 9.67. The van der Waals surface area contributed by atoms with Crippen LogP contribution < -0.4 is 0 Å². The van der Waals surface area contributed by atoms with Crippen molar-refractivity contribution in [3.8, 4) is 0 Å². The average Bonchev–Trinajstić information content (AvgIpc) is 2.34. The molecule has 98 valence electrons. The lowest BCUT2D eigenvalue weighted by atomic mass is 9.84. The molecule has 0 atom stereocenters. The molecule has 0 amide bonds. The van der Waals surface area contributed by atoms with Gasteiger partial charge in [-0.2, -0.15) is 0 Å². The van der Waals surface area contributed by atoms with Gasteiger partial charge in [0, 0.05) is 25.0 Å². The average molecular weight is 294 g/mol. The summed E-state index contributed by atoms with van der Waals surface area (Å²) >= 11 is 3.68. The van der Waals surface area contributed by atoms with Gasteiger partial charge in [-0.15, -0.1) is 0 Å². The van der Waals surface area contributed by atoms with E-state index in [2.05, 4.69) is 48.5 Å². The number of hydrogen-bond acceptors (Lipinski definition) is 2. The SMILES string of the molecule is CCOCCN(CC)CC(CC)(CC)CBr. The monoisotopic (exact) mass is 293 g/mol. The van der Waals surface area contributed by atoms with Crippen molar-refractivity contribution < 1.29 is 4.74 Å². The Balaban J connectivity index is 4.15. The predicted molar refractivity (Wildman–Crippen MR) is 75.4 cm³/mol. The van der Waals surface area contributed by atoms with Crippen molar-refractivity contribution in [1.29, 1.82) is 0 Å². The first-order chi connectivity index (χ1) is 7.67. The Morgan fingerprint density at radius 1 is 1.12 bits per heavy atom. The molecule has 0 N–H and O–H groups in total. The summed E-state index contributed by atoms with van der Waals surface area (Å²) in [6.45, 7) is 13.9. The molecule has 0 fully saturated rings. The fraction of sp³-hybridized carbons (Fsp3) is 1.00. The number of hydrogen-bond donors (Lipinski definition) is 0.